The van der Waals surface area contributed by atoms with Crippen molar-refractivity contribution in [3.05, 3.63) is 94.9 Å². The normalized spacial score (nSPS) is 14.2. The number of benzene rings is 2. The van der Waals surface area contributed by atoms with Crippen molar-refractivity contribution < 1.29 is 27.1 Å². The number of hydrazine groups is 1. The lowest BCUT2D eigenvalue weighted by molar-refractivity contribution is -0.243. The van der Waals surface area contributed by atoms with Gasteiger partial charge in [0.15, 0.2) is 0 Å². The van der Waals surface area contributed by atoms with Gasteiger partial charge in [-0.1, -0.05) is 30.3 Å². The number of aliphatic hydroxyl groups is 1. The summed E-state index contributed by atoms with van der Waals surface area (Å²) in [5, 5.41) is 11.4. The molecule has 3 aromatic rings. The quantitative estimate of drug-likeness (QED) is 0.161. The third-order valence-corrected chi connectivity index (χ3v) is 5.00. The van der Waals surface area contributed by atoms with Gasteiger partial charge in [-0.05, 0) is 34.9 Å². The molecule has 0 aliphatic rings. The third-order valence-electron chi connectivity index (χ3n) is 5.00. The lowest BCUT2D eigenvalue weighted by Crippen LogP contribution is -2.49. The SMILES string of the molecule is C=CCC(O)(/C(N)=C/N(N)Cc1ccc2c(-c3cccc(F)c3)cc(=O)oc2c1)C(F)(F)F. The van der Waals surface area contributed by atoms with Crippen LogP contribution < -0.4 is 17.2 Å². The average molecular weight is 463 g/mol. The van der Waals surface area contributed by atoms with Crippen molar-refractivity contribution >= 4 is 11.0 Å². The fraction of sp³-hybridized carbons (Fsp3) is 0.174. The Labute approximate surface area is 186 Å². The standard InChI is InChI=1S/C23H21F4N3O3/c1-2-8-22(32,23(25,26)27)20(28)13-30(29)12-14-6-7-17-18(11-21(31)33-19(17)9-14)15-4-3-5-16(24)10-15/h2-7,9-11,13,32H,1,8,12,28-29H2/b20-13-. The molecule has 0 bridgehead atoms. The topological polar surface area (TPSA) is 106 Å². The van der Waals surface area contributed by atoms with Crippen LogP contribution in [0.4, 0.5) is 17.6 Å². The molecule has 0 aliphatic carbocycles. The van der Waals surface area contributed by atoms with Crippen LogP contribution in [0.15, 0.2) is 82.3 Å². The van der Waals surface area contributed by atoms with Crippen molar-refractivity contribution in [3.8, 4) is 11.1 Å². The molecule has 0 radical (unpaired) electrons. The Kier molecular flexibility index (Phi) is 6.61. The second-order valence-corrected chi connectivity index (χ2v) is 7.43. The smallest absolute Gasteiger partial charge is 0.423 e. The summed E-state index contributed by atoms with van der Waals surface area (Å²) < 4.78 is 58.8. The number of hydrogen-bond acceptors (Lipinski definition) is 6. The Morgan fingerprint density at radius 3 is 2.55 bits per heavy atom. The number of alkyl halides is 3. The molecule has 5 N–H and O–H groups in total. The van der Waals surface area contributed by atoms with Crippen LogP contribution >= 0.6 is 0 Å². The molecule has 1 atom stereocenters. The summed E-state index contributed by atoms with van der Waals surface area (Å²) >= 11 is 0. The molecule has 10 heteroatoms. The van der Waals surface area contributed by atoms with Crippen molar-refractivity contribution in [1.29, 1.82) is 0 Å². The number of nitrogens with two attached hydrogens (primary N) is 2. The monoisotopic (exact) mass is 463 g/mol. The van der Waals surface area contributed by atoms with Gasteiger partial charge in [-0.25, -0.2) is 15.0 Å². The highest BCUT2D eigenvalue weighted by Crippen LogP contribution is 2.37. The fourth-order valence-electron chi connectivity index (χ4n) is 3.35. The Balaban J connectivity index is 1.93. The zero-order chi connectivity index (χ0) is 24.4. The van der Waals surface area contributed by atoms with Crippen LogP contribution in [-0.2, 0) is 6.54 Å². The Hall–Kier alpha value is -3.63. The van der Waals surface area contributed by atoms with E-state index in [-0.39, 0.29) is 12.1 Å². The number of nitrogens with zero attached hydrogens (tertiary/aromatic N) is 1. The van der Waals surface area contributed by atoms with Gasteiger partial charge < -0.3 is 20.3 Å². The zero-order valence-electron chi connectivity index (χ0n) is 17.3. The predicted octanol–water partition coefficient (Wildman–Crippen LogP) is 3.94. The van der Waals surface area contributed by atoms with Crippen molar-refractivity contribution in [2.75, 3.05) is 0 Å². The van der Waals surface area contributed by atoms with Gasteiger partial charge in [0.05, 0.1) is 12.2 Å². The van der Waals surface area contributed by atoms with Crippen LogP contribution in [0.5, 0.6) is 0 Å². The number of fused-ring (bicyclic) bond motifs is 1. The summed E-state index contributed by atoms with van der Waals surface area (Å²) in [6, 6.07) is 11.7. The van der Waals surface area contributed by atoms with Gasteiger partial charge in [-0.3, -0.25) is 0 Å². The van der Waals surface area contributed by atoms with Crippen LogP contribution in [0, 0.1) is 5.82 Å². The highest BCUT2D eigenvalue weighted by Gasteiger charge is 2.55. The van der Waals surface area contributed by atoms with Crippen LogP contribution in [0.2, 0.25) is 0 Å². The van der Waals surface area contributed by atoms with Gasteiger partial charge in [0.2, 0.25) is 5.60 Å². The Morgan fingerprint density at radius 2 is 1.91 bits per heavy atom. The van der Waals surface area contributed by atoms with Gasteiger partial charge in [-0.15, -0.1) is 6.58 Å². The predicted molar refractivity (Wildman–Crippen MR) is 116 cm³/mol. The summed E-state index contributed by atoms with van der Waals surface area (Å²) in [6.07, 6.45) is -4.21. The van der Waals surface area contributed by atoms with E-state index in [1.54, 1.807) is 18.2 Å². The first-order valence-electron chi connectivity index (χ1n) is 9.66. The van der Waals surface area contributed by atoms with Crippen LogP contribution in [0.1, 0.15) is 12.0 Å². The molecule has 6 nitrogen and oxygen atoms in total. The van der Waals surface area contributed by atoms with E-state index in [0.29, 0.717) is 22.1 Å². The summed E-state index contributed by atoms with van der Waals surface area (Å²) in [6.45, 7) is 3.10. The number of halogens is 4. The molecule has 1 heterocycles. The van der Waals surface area contributed by atoms with E-state index in [2.05, 4.69) is 6.58 Å². The van der Waals surface area contributed by atoms with Gasteiger partial charge in [-0.2, -0.15) is 13.2 Å². The first-order valence-corrected chi connectivity index (χ1v) is 9.66. The van der Waals surface area contributed by atoms with Crippen molar-refractivity contribution in [3.63, 3.8) is 0 Å². The highest BCUT2D eigenvalue weighted by molar-refractivity contribution is 5.93. The maximum absolute atomic E-state index is 13.6. The molecule has 0 spiro atoms. The lowest BCUT2D eigenvalue weighted by Gasteiger charge is -2.30. The van der Waals surface area contributed by atoms with E-state index in [4.69, 9.17) is 16.0 Å². The molecular formula is C23H21F4N3O3. The van der Waals surface area contributed by atoms with Crippen molar-refractivity contribution in [2.45, 2.75) is 24.7 Å². The molecule has 0 fully saturated rings. The van der Waals surface area contributed by atoms with Crippen molar-refractivity contribution in [2.24, 2.45) is 11.6 Å². The largest absolute Gasteiger partial charge is 0.423 e. The Morgan fingerprint density at radius 1 is 1.18 bits per heavy atom. The molecular weight excluding hydrogens is 442 g/mol. The summed E-state index contributed by atoms with van der Waals surface area (Å²) in [7, 11) is 0. The maximum atomic E-state index is 13.6. The van der Waals surface area contributed by atoms with E-state index in [0.717, 1.165) is 17.3 Å². The maximum Gasteiger partial charge on any atom is 0.423 e. The van der Waals surface area contributed by atoms with Gasteiger partial charge in [0.1, 0.15) is 11.4 Å². The second-order valence-electron chi connectivity index (χ2n) is 7.43. The number of hydrogen-bond donors (Lipinski definition) is 3. The second kappa shape index (κ2) is 9.08. The summed E-state index contributed by atoms with van der Waals surface area (Å²) in [4.78, 5) is 12.0. The molecule has 2 aromatic carbocycles. The van der Waals surface area contributed by atoms with Crippen molar-refractivity contribution in [1.82, 2.24) is 5.01 Å². The zero-order valence-corrected chi connectivity index (χ0v) is 17.3. The van der Waals surface area contributed by atoms with Gasteiger partial charge in [0.25, 0.3) is 0 Å². The lowest BCUT2D eigenvalue weighted by atomic mass is 9.95. The molecule has 0 saturated carbocycles. The molecule has 0 aliphatic heterocycles. The van der Waals surface area contributed by atoms with E-state index in [1.807, 2.05) is 0 Å². The van der Waals surface area contributed by atoms with Crippen LogP contribution in [0.3, 0.4) is 0 Å². The molecule has 0 saturated heterocycles. The van der Waals surface area contributed by atoms with Gasteiger partial charge in [0, 0.05) is 24.1 Å². The number of rotatable bonds is 7. The minimum absolute atomic E-state index is 0.118. The molecule has 33 heavy (non-hydrogen) atoms. The van der Waals surface area contributed by atoms with Crippen LogP contribution in [0.25, 0.3) is 22.1 Å². The average Bonchev–Trinajstić information content (AvgIpc) is 2.72. The first kappa shape index (κ1) is 24.0. The molecule has 1 unspecified atom stereocenters. The first-order chi connectivity index (χ1) is 15.4. The highest BCUT2D eigenvalue weighted by atomic mass is 19.4. The van der Waals surface area contributed by atoms with E-state index in [1.165, 1.54) is 30.3 Å². The van der Waals surface area contributed by atoms with Gasteiger partial charge >= 0.3 is 11.8 Å². The molecule has 1 aromatic heterocycles. The Bertz CT molecular complexity index is 1270. The fourth-order valence-corrected chi connectivity index (χ4v) is 3.35. The molecule has 174 valence electrons. The van der Waals surface area contributed by atoms with Crippen LogP contribution in [-0.4, -0.2) is 21.9 Å². The minimum atomic E-state index is -5.04. The summed E-state index contributed by atoms with van der Waals surface area (Å²) in [5.74, 6) is 5.32. The van der Waals surface area contributed by atoms with E-state index < -0.39 is 35.3 Å². The summed E-state index contributed by atoms with van der Waals surface area (Å²) in [5.41, 5.74) is 2.23. The van der Waals surface area contributed by atoms with E-state index >= 15 is 0 Å². The molecule has 3 rings (SSSR count). The minimum Gasteiger partial charge on any atom is -0.423 e. The molecule has 0 amide bonds. The van der Waals surface area contributed by atoms with E-state index in [9.17, 15) is 27.5 Å². The third kappa shape index (κ3) is 5.07.